The summed E-state index contributed by atoms with van der Waals surface area (Å²) >= 11 is 0. The van der Waals surface area contributed by atoms with Crippen molar-refractivity contribution in [3.8, 4) is 11.6 Å². The number of carbonyl (C=O) groups excluding carboxylic acids is 1. The van der Waals surface area contributed by atoms with E-state index < -0.39 is 0 Å². The van der Waals surface area contributed by atoms with Gasteiger partial charge in [-0.1, -0.05) is 65.4 Å². The standard InChI is InChI=1S/C25H26N6O3/c1-25-9-5-8-18(19(25)12-17-13-21(33)31(10-11-32)22(17)25)23-26-24(34-28-23)20-15-30(29-27-20)14-16-6-3-2-4-7-16/h2-8,15,17,22,32H,9-14H2,1H3/t17-,22+,25?/m0/s1. The number of aliphatic hydroxyl groups is 1. The molecule has 2 aliphatic carbocycles. The normalized spacial score (nSPS) is 25.8. The van der Waals surface area contributed by atoms with Crippen LogP contribution in [0.3, 0.4) is 0 Å². The molecule has 3 atom stereocenters. The quantitative estimate of drug-likeness (QED) is 0.605. The average Bonchev–Trinajstić information content (AvgIpc) is 3.60. The van der Waals surface area contributed by atoms with Gasteiger partial charge in [0.25, 0.3) is 5.89 Å². The number of hydrogen-bond donors (Lipinski definition) is 1. The molecule has 0 radical (unpaired) electrons. The Morgan fingerprint density at radius 1 is 1.24 bits per heavy atom. The van der Waals surface area contributed by atoms with Crippen molar-refractivity contribution in [3.63, 3.8) is 0 Å². The lowest BCUT2D eigenvalue weighted by Crippen LogP contribution is -2.45. The van der Waals surface area contributed by atoms with E-state index in [0.29, 0.717) is 36.9 Å². The first-order valence-electron chi connectivity index (χ1n) is 11.7. The van der Waals surface area contributed by atoms with Crippen molar-refractivity contribution in [2.75, 3.05) is 13.2 Å². The Balaban J connectivity index is 1.29. The molecule has 3 heterocycles. The third kappa shape index (κ3) is 3.30. The van der Waals surface area contributed by atoms with Crippen molar-refractivity contribution < 1.29 is 14.4 Å². The summed E-state index contributed by atoms with van der Waals surface area (Å²) in [6.07, 6.45) is 8.21. The number of carbonyl (C=O) groups is 1. The van der Waals surface area contributed by atoms with Crippen LogP contribution in [0.15, 0.2) is 58.8 Å². The number of nitrogens with zero attached hydrogens (tertiary/aromatic N) is 6. The molecule has 0 bridgehead atoms. The van der Waals surface area contributed by atoms with Crippen molar-refractivity contribution in [2.45, 2.75) is 38.8 Å². The maximum absolute atomic E-state index is 12.5. The van der Waals surface area contributed by atoms with E-state index in [1.54, 1.807) is 10.9 Å². The van der Waals surface area contributed by atoms with E-state index in [1.165, 1.54) is 5.57 Å². The van der Waals surface area contributed by atoms with Crippen molar-refractivity contribution >= 4 is 11.5 Å². The summed E-state index contributed by atoms with van der Waals surface area (Å²) in [4.78, 5) is 19.1. The fourth-order valence-electron chi connectivity index (χ4n) is 6.03. The SMILES string of the molecule is CC12CC=CC(c3noc(-c4cn(Cc5ccccc5)nn4)n3)=C1C[C@H]1CC(=O)N(CCO)[C@H]12. The second-order valence-corrected chi connectivity index (χ2v) is 9.55. The molecule has 2 aromatic heterocycles. The third-order valence-electron chi connectivity index (χ3n) is 7.45. The topological polar surface area (TPSA) is 110 Å². The number of aliphatic hydroxyl groups excluding tert-OH is 1. The summed E-state index contributed by atoms with van der Waals surface area (Å²) in [7, 11) is 0. The lowest BCUT2D eigenvalue weighted by atomic mass is 9.73. The van der Waals surface area contributed by atoms with Crippen LogP contribution in [0.25, 0.3) is 17.2 Å². The zero-order valence-electron chi connectivity index (χ0n) is 19.0. The van der Waals surface area contributed by atoms with Crippen molar-refractivity contribution in [1.82, 2.24) is 30.0 Å². The van der Waals surface area contributed by atoms with Gasteiger partial charge >= 0.3 is 0 Å². The van der Waals surface area contributed by atoms with Crippen LogP contribution in [0.5, 0.6) is 0 Å². The smallest absolute Gasteiger partial charge is 0.280 e. The summed E-state index contributed by atoms with van der Waals surface area (Å²) in [6.45, 7) is 3.19. The van der Waals surface area contributed by atoms with Crippen LogP contribution >= 0.6 is 0 Å². The zero-order valence-corrected chi connectivity index (χ0v) is 19.0. The maximum atomic E-state index is 12.5. The van der Waals surface area contributed by atoms with Gasteiger partial charge in [-0.05, 0) is 24.3 Å². The Morgan fingerprint density at radius 2 is 2.09 bits per heavy atom. The lowest BCUT2D eigenvalue weighted by Gasteiger charge is -2.39. The molecule has 3 aliphatic rings. The predicted molar refractivity (Wildman–Crippen MR) is 123 cm³/mol. The van der Waals surface area contributed by atoms with Gasteiger partial charge in [0.05, 0.1) is 19.3 Å². The fraction of sp³-hybridized carbons (Fsp3) is 0.400. The Kier molecular flexibility index (Phi) is 4.95. The van der Waals surface area contributed by atoms with Gasteiger partial charge in [-0.2, -0.15) is 4.98 Å². The Morgan fingerprint density at radius 3 is 2.91 bits per heavy atom. The monoisotopic (exact) mass is 458 g/mol. The minimum Gasteiger partial charge on any atom is -0.395 e. The molecule has 9 nitrogen and oxygen atoms in total. The fourth-order valence-corrected chi connectivity index (χ4v) is 6.03. The van der Waals surface area contributed by atoms with Gasteiger partial charge in [0.2, 0.25) is 11.7 Å². The van der Waals surface area contributed by atoms with Crippen LogP contribution in [-0.2, 0) is 11.3 Å². The Bertz CT molecular complexity index is 1290. The number of amides is 1. The third-order valence-corrected chi connectivity index (χ3v) is 7.45. The van der Waals surface area contributed by atoms with Gasteiger partial charge in [0.1, 0.15) is 0 Å². The van der Waals surface area contributed by atoms with Crippen LogP contribution in [0, 0.1) is 11.3 Å². The van der Waals surface area contributed by atoms with Gasteiger partial charge in [0.15, 0.2) is 5.69 Å². The number of fused-ring (bicyclic) bond motifs is 3. The van der Waals surface area contributed by atoms with Crippen LogP contribution in [0.2, 0.25) is 0 Å². The summed E-state index contributed by atoms with van der Waals surface area (Å²) in [5.41, 5.74) is 3.69. The number of allylic oxidation sites excluding steroid dienone is 3. The van der Waals surface area contributed by atoms with Crippen LogP contribution in [-0.4, -0.2) is 60.2 Å². The van der Waals surface area contributed by atoms with Gasteiger partial charge < -0.3 is 14.5 Å². The van der Waals surface area contributed by atoms with Gasteiger partial charge in [-0.25, -0.2) is 4.68 Å². The first-order valence-corrected chi connectivity index (χ1v) is 11.7. The number of benzene rings is 1. The van der Waals surface area contributed by atoms with E-state index in [1.807, 2.05) is 35.2 Å². The summed E-state index contributed by atoms with van der Waals surface area (Å²) in [5, 5.41) is 22.2. The van der Waals surface area contributed by atoms with Crippen LogP contribution < -0.4 is 0 Å². The largest absolute Gasteiger partial charge is 0.395 e. The zero-order chi connectivity index (χ0) is 23.3. The second kappa shape index (κ2) is 8.02. The Labute approximate surface area is 196 Å². The molecule has 1 aromatic carbocycles. The number of hydrogen-bond acceptors (Lipinski definition) is 7. The summed E-state index contributed by atoms with van der Waals surface area (Å²) in [6, 6.07) is 10.1. The highest BCUT2D eigenvalue weighted by Gasteiger charge is 2.57. The first-order chi connectivity index (χ1) is 16.6. The van der Waals surface area contributed by atoms with Gasteiger partial charge in [0, 0.05) is 30.0 Å². The molecule has 1 saturated heterocycles. The Hall–Kier alpha value is -3.59. The maximum Gasteiger partial charge on any atom is 0.280 e. The number of aromatic nitrogens is 5. The molecule has 174 valence electrons. The van der Waals surface area contributed by atoms with Crippen LogP contribution in [0.4, 0.5) is 0 Å². The molecular formula is C25H26N6O3. The highest BCUT2D eigenvalue weighted by atomic mass is 16.5. The molecule has 3 aromatic rings. The van der Waals surface area contributed by atoms with Crippen molar-refractivity contribution in [3.05, 3.63) is 65.6 Å². The number of likely N-dealkylation sites (tertiary alicyclic amines) is 1. The first kappa shape index (κ1) is 21.0. The molecule has 34 heavy (non-hydrogen) atoms. The summed E-state index contributed by atoms with van der Waals surface area (Å²) in [5.74, 6) is 1.25. The highest BCUT2D eigenvalue weighted by molar-refractivity contribution is 5.82. The van der Waals surface area contributed by atoms with E-state index in [4.69, 9.17) is 4.52 Å². The second-order valence-electron chi connectivity index (χ2n) is 9.55. The minimum absolute atomic E-state index is 0.0219. The van der Waals surface area contributed by atoms with E-state index in [-0.39, 0.29) is 29.9 Å². The molecule has 1 unspecified atom stereocenters. The molecular weight excluding hydrogens is 432 g/mol. The van der Waals surface area contributed by atoms with Crippen molar-refractivity contribution in [2.24, 2.45) is 11.3 Å². The van der Waals surface area contributed by atoms with E-state index >= 15 is 0 Å². The molecule has 0 spiro atoms. The van der Waals surface area contributed by atoms with E-state index in [2.05, 4.69) is 39.5 Å². The molecule has 1 aliphatic heterocycles. The molecule has 2 fully saturated rings. The predicted octanol–water partition coefficient (Wildman–Crippen LogP) is 2.71. The van der Waals surface area contributed by atoms with E-state index in [9.17, 15) is 9.90 Å². The minimum atomic E-state index is -0.199. The molecule has 1 saturated carbocycles. The number of β-amino-alcohol motifs (C(OH)–C–C–N with tert-alkyl or cyclic N) is 1. The molecule has 1 amide bonds. The average molecular weight is 459 g/mol. The number of rotatable bonds is 6. The molecule has 1 N–H and O–H groups in total. The summed E-state index contributed by atoms with van der Waals surface area (Å²) < 4.78 is 7.33. The van der Waals surface area contributed by atoms with Crippen LogP contribution in [0.1, 0.15) is 37.6 Å². The van der Waals surface area contributed by atoms with Gasteiger partial charge in [-0.15, -0.1) is 5.10 Å². The molecule has 6 rings (SSSR count). The highest BCUT2D eigenvalue weighted by Crippen LogP contribution is 2.58. The lowest BCUT2D eigenvalue weighted by molar-refractivity contribution is -0.130. The molecule has 9 heteroatoms. The van der Waals surface area contributed by atoms with Gasteiger partial charge in [-0.3, -0.25) is 4.79 Å². The van der Waals surface area contributed by atoms with Crippen molar-refractivity contribution in [1.29, 1.82) is 0 Å². The van der Waals surface area contributed by atoms with E-state index in [0.717, 1.165) is 24.0 Å².